The summed E-state index contributed by atoms with van der Waals surface area (Å²) < 4.78 is 31.1. The van der Waals surface area contributed by atoms with Gasteiger partial charge in [-0.3, -0.25) is 14.9 Å². The molecule has 0 aliphatic heterocycles. The van der Waals surface area contributed by atoms with Gasteiger partial charge in [0.1, 0.15) is 10.7 Å². The van der Waals surface area contributed by atoms with E-state index in [1.54, 1.807) is 18.2 Å². The third-order valence-electron chi connectivity index (χ3n) is 5.50. The second-order valence-corrected chi connectivity index (χ2v) is 10.2. The monoisotopic (exact) mass is 483 g/mol. The van der Waals surface area contributed by atoms with Gasteiger partial charge in [-0.1, -0.05) is 24.3 Å². The first kappa shape index (κ1) is 21.3. The van der Waals surface area contributed by atoms with Gasteiger partial charge in [0.2, 0.25) is 0 Å². The number of nitro groups is 1. The Morgan fingerprint density at radius 3 is 2.61 bits per heavy atom. The van der Waals surface area contributed by atoms with Crippen molar-refractivity contribution in [3.63, 3.8) is 0 Å². The van der Waals surface area contributed by atoms with Crippen LogP contribution in [0.5, 0.6) is 5.75 Å². The quantitative estimate of drug-likeness (QED) is 0.255. The van der Waals surface area contributed by atoms with E-state index in [1.807, 2.05) is 0 Å². The number of aromatic amines is 1. The number of aromatic nitrogens is 2. The zero-order chi connectivity index (χ0) is 23.2. The molecule has 168 valence electrons. The number of para-hydroxylation sites is 2. The average Bonchev–Trinajstić information content (AvgIpc) is 3.18. The number of aryl methyl sites for hydroxylation is 2. The summed E-state index contributed by atoms with van der Waals surface area (Å²) in [5, 5.41) is 11.9. The topological polar surface area (TPSA) is 132 Å². The van der Waals surface area contributed by atoms with Crippen molar-refractivity contribution in [3.8, 4) is 17.1 Å². The SMILES string of the molecule is O=c1[nH]c(-c2ccccc2OS(=O)(=O)c2ccccc2[N+](=O)[O-])nc2sc3c(c12)CCCC3. The lowest BCUT2D eigenvalue weighted by Gasteiger charge is -2.11. The molecule has 0 atom stereocenters. The smallest absolute Gasteiger partial charge is 0.346 e. The lowest BCUT2D eigenvalue weighted by molar-refractivity contribution is -0.387. The van der Waals surface area contributed by atoms with Gasteiger partial charge in [-0.2, -0.15) is 8.42 Å². The summed E-state index contributed by atoms with van der Waals surface area (Å²) in [4.78, 5) is 32.0. The van der Waals surface area contributed by atoms with E-state index in [0.717, 1.165) is 48.3 Å². The summed E-state index contributed by atoms with van der Waals surface area (Å²) in [6, 6.07) is 11.1. The van der Waals surface area contributed by atoms with Crippen molar-refractivity contribution in [2.24, 2.45) is 0 Å². The molecule has 0 radical (unpaired) electrons. The number of nitrogens with zero attached hydrogens (tertiary/aromatic N) is 2. The Morgan fingerprint density at radius 2 is 1.79 bits per heavy atom. The van der Waals surface area contributed by atoms with Crippen LogP contribution in [0, 0.1) is 10.1 Å². The molecule has 0 spiro atoms. The van der Waals surface area contributed by atoms with Gasteiger partial charge in [0.05, 0.1) is 15.9 Å². The lowest BCUT2D eigenvalue weighted by atomic mass is 9.97. The molecule has 0 amide bonds. The first-order valence-corrected chi connectivity index (χ1v) is 12.4. The normalized spacial score (nSPS) is 13.6. The average molecular weight is 484 g/mol. The van der Waals surface area contributed by atoms with Crippen molar-refractivity contribution >= 4 is 37.4 Å². The highest BCUT2D eigenvalue weighted by atomic mass is 32.2. The van der Waals surface area contributed by atoms with Gasteiger partial charge in [0, 0.05) is 10.9 Å². The molecule has 1 N–H and O–H groups in total. The van der Waals surface area contributed by atoms with Crippen LogP contribution >= 0.6 is 11.3 Å². The molecule has 0 fully saturated rings. The van der Waals surface area contributed by atoms with Crippen LogP contribution in [0.25, 0.3) is 21.6 Å². The van der Waals surface area contributed by atoms with Crippen LogP contribution in [0.1, 0.15) is 23.3 Å². The highest BCUT2D eigenvalue weighted by Gasteiger charge is 2.28. The standard InChI is InChI=1S/C22H17N3O6S2/c26-21-19-14-8-2-5-11-17(14)32-22(19)24-20(23-21)13-7-1-4-10-16(13)31-33(29,30)18-12-6-3-9-15(18)25(27)28/h1,3-4,6-7,9-10,12H,2,5,8,11H2,(H,23,24,26). The molecule has 1 aliphatic carbocycles. The van der Waals surface area contributed by atoms with Crippen molar-refractivity contribution in [2.75, 3.05) is 0 Å². The minimum absolute atomic E-state index is 0.0977. The first-order chi connectivity index (χ1) is 15.8. The maximum atomic E-state index is 12.9. The fourth-order valence-electron chi connectivity index (χ4n) is 4.01. The Labute approximate surface area is 192 Å². The Balaban J connectivity index is 1.60. The zero-order valence-corrected chi connectivity index (χ0v) is 18.7. The number of rotatable bonds is 5. The molecule has 0 unspecified atom stereocenters. The number of hydrogen-bond acceptors (Lipinski definition) is 8. The van der Waals surface area contributed by atoms with E-state index >= 15 is 0 Å². The van der Waals surface area contributed by atoms with E-state index in [4.69, 9.17) is 4.18 Å². The van der Waals surface area contributed by atoms with Crippen molar-refractivity contribution in [1.29, 1.82) is 0 Å². The van der Waals surface area contributed by atoms with E-state index in [1.165, 1.54) is 29.5 Å². The van der Waals surface area contributed by atoms with Crippen molar-refractivity contribution in [1.82, 2.24) is 9.97 Å². The predicted octanol–water partition coefficient (Wildman–Crippen LogP) is 4.21. The van der Waals surface area contributed by atoms with Crippen molar-refractivity contribution < 1.29 is 17.5 Å². The number of hydrogen-bond donors (Lipinski definition) is 1. The van der Waals surface area contributed by atoms with Crippen molar-refractivity contribution in [3.05, 3.63) is 79.4 Å². The van der Waals surface area contributed by atoms with Crippen LogP contribution in [-0.2, 0) is 23.0 Å². The zero-order valence-electron chi connectivity index (χ0n) is 17.1. The van der Waals surface area contributed by atoms with Crippen LogP contribution in [0.15, 0.2) is 58.2 Å². The minimum atomic E-state index is -4.53. The molecule has 4 aromatic rings. The maximum absolute atomic E-state index is 12.9. The predicted molar refractivity (Wildman–Crippen MR) is 123 cm³/mol. The molecule has 2 aromatic heterocycles. The van der Waals surface area contributed by atoms with Crippen LogP contribution in [-0.4, -0.2) is 23.3 Å². The number of fused-ring (bicyclic) bond motifs is 3. The number of nitro benzene ring substituents is 1. The van der Waals surface area contributed by atoms with Gasteiger partial charge in [0.25, 0.3) is 11.2 Å². The maximum Gasteiger partial charge on any atom is 0.346 e. The van der Waals surface area contributed by atoms with Crippen LogP contribution in [0.4, 0.5) is 5.69 Å². The molecular formula is C22H17N3O6S2. The fourth-order valence-corrected chi connectivity index (χ4v) is 6.39. The van der Waals surface area contributed by atoms with Crippen LogP contribution < -0.4 is 9.74 Å². The van der Waals surface area contributed by atoms with E-state index in [9.17, 15) is 23.3 Å². The van der Waals surface area contributed by atoms with E-state index in [-0.39, 0.29) is 22.7 Å². The van der Waals surface area contributed by atoms with Crippen LogP contribution in [0.2, 0.25) is 0 Å². The van der Waals surface area contributed by atoms with Crippen LogP contribution in [0.3, 0.4) is 0 Å². The molecule has 0 saturated heterocycles. The Hall–Kier alpha value is -3.57. The fraction of sp³-hybridized carbons (Fsp3) is 0.182. The van der Waals surface area contributed by atoms with E-state index < -0.39 is 25.6 Å². The highest BCUT2D eigenvalue weighted by Crippen LogP contribution is 2.36. The molecule has 5 rings (SSSR count). The molecule has 1 aliphatic rings. The number of thiophene rings is 1. The number of H-pyrrole nitrogens is 1. The Kier molecular flexibility index (Phi) is 5.22. The third kappa shape index (κ3) is 3.79. The van der Waals surface area contributed by atoms with E-state index in [0.29, 0.717) is 10.2 Å². The number of nitrogens with one attached hydrogen (secondary N) is 1. The summed E-state index contributed by atoms with van der Waals surface area (Å²) in [5.74, 6) is 0.0685. The molecular weight excluding hydrogens is 466 g/mol. The van der Waals surface area contributed by atoms with Gasteiger partial charge < -0.3 is 9.17 Å². The second kappa shape index (κ2) is 8.09. The second-order valence-electron chi connectivity index (χ2n) is 7.56. The van der Waals surface area contributed by atoms with Gasteiger partial charge in [-0.05, 0) is 49.4 Å². The third-order valence-corrected chi connectivity index (χ3v) is 7.97. The largest absolute Gasteiger partial charge is 0.378 e. The Bertz CT molecular complexity index is 1570. The summed E-state index contributed by atoms with van der Waals surface area (Å²) in [6.07, 6.45) is 3.86. The molecule has 11 heteroatoms. The summed E-state index contributed by atoms with van der Waals surface area (Å²) in [5.41, 5.74) is 0.424. The molecule has 0 saturated carbocycles. The van der Waals surface area contributed by atoms with Gasteiger partial charge in [0.15, 0.2) is 10.6 Å². The molecule has 9 nitrogen and oxygen atoms in total. The van der Waals surface area contributed by atoms with Gasteiger partial charge in [-0.25, -0.2) is 4.98 Å². The lowest BCUT2D eigenvalue weighted by Crippen LogP contribution is -2.14. The Morgan fingerprint density at radius 1 is 1.06 bits per heavy atom. The molecule has 33 heavy (non-hydrogen) atoms. The molecule has 2 aromatic carbocycles. The first-order valence-electron chi connectivity index (χ1n) is 10.2. The number of benzene rings is 2. The molecule has 0 bridgehead atoms. The van der Waals surface area contributed by atoms with Crippen molar-refractivity contribution in [2.45, 2.75) is 30.6 Å². The van der Waals surface area contributed by atoms with Gasteiger partial charge in [-0.15, -0.1) is 11.3 Å². The highest BCUT2D eigenvalue weighted by molar-refractivity contribution is 7.87. The molecule has 2 heterocycles. The summed E-state index contributed by atoms with van der Waals surface area (Å²) in [6.45, 7) is 0. The van der Waals surface area contributed by atoms with E-state index in [2.05, 4.69) is 9.97 Å². The summed E-state index contributed by atoms with van der Waals surface area (Å²) >= 11 is 1.48. The van der Waals surface area contributed by atoms with Gasteiger partial charge >= 0.3 is 10.1 Å². The summed E-state index contributed by atoms with van der Waals surface area (Å²) in [7, 11) is -4.53. The minimum Gasteiger partial charge on any atom is -0.378 e.